The zero-order valence-corrected chi connectivity index (χ0v) is 9.51. The number of hydrogen-bond donors (Lipinski definition) is 0. The first kappa shape index (κ1) is 12.5. The Bertz CT molecular complexity index is 151. The quantitative estimate of drug-likeness (QED) is 0.531. The van der Waals surface area contributed by atoms with Crippen LogP contribution < -0.4 is 0 Å². The lowest BCUT2D eigenvalue weighted by atomic mass is 9.99. The van der Waals surface area contributed by atoms with Gasteiger partial charge in [-0.25, -0.2) is 0 Å². The standard InChI is InChI=1S/C13H23/c1-5-6-7-10-13(4)11-8-9-12(2)3/h6-7,10,12-13H,8-9,11H2,1-4H3. The van der Waals surface area contributed by atoms with Gasteiger partial charge < -0.3 is 0 Å². The Morgan fingerprint density at radius 2 is 1.85 bits per heavy atom. The van der Waals surface area contributed by atoms with Crippen molar-refractivity contribution in [3.63, 3.8) is 0 Å². The van der Waals surface area contributed by atoms with Crippen molar-refractivity contribution in [3.05, 3.63) is 24.3 Å². The largest absolute Gasteiger partial charge is 0.0817 e. The maximum Gasteiger partial charge on any atom is -0.0259 e. The highest BCUT2D eigenvalue weighted by molar-refractivity contribution is 4.99. The molecule has 0 amide bonds. The Kier molecular flexibility index (Phi) is 7.77. The summed E-state index contributed by atoms with van der Waals surface area (Å²) in [5, 5.41) is 0. The maximum atomic E-state index is 2.99. The first-order valence-electron chi connectivity index (χ1n) is 5.34. The second-order valence-electron chi connectivity index (χ2n) is 4.14. The van der Waals surface area contributed by atoms with Crippen LogP contribution in [0, 0.1) is 17.9 Å². The summed E-state index contributed by atoms with van der Waals surface area (Å²) in [5.41, 5.74) is 0. The molecule has 0 aromatic carbocycles. The number of allylic oxidation sites excluding steroid dienone is 4. The molecule has 0 aromatic heterocycles. The van der Waals surface area contributed by atoms with E-state index in [1.165, 1.54) is 19.3 Å². The van der Waals surface area contributed by atoms with E-state index in [9.17, 15) is 0 Å². The van der Waals surface area contributed by atoms with Crippen LogP contribution in [0.25, 0.3) is 0 Å². The smallest absolute Gasteiger partial charge is 0.0259 e. The summed E-state index contributed by atoms with van der Waals surface area (Å²) in [5.74, 6) is 1.56. The van der Waals surface area contributed by atoms with Gasteiger partial charge in [-0.05, 0) is 31.3 Å². The van der Waals surface area contributed by atoms with Crippen molar-refractivity contribution >= 4 is 0 Å². The second kappa shape index (κ2) is 8.10. The molecule has 0 aromatic rings. The van der Waals surface area contributed by atoms with Gasteiger partial charge in [0.1, 0.15) is 0 Å². The van der Waals surface area contributed by atoms with Crippen molar-refractivity contribution in [2.45, 2.75) is 47.0 Å². The summed E-state index contributed by atoms with van der Waals surface area (Å²) < 4.78 is 0. The highest BCUT2D eigenvalue weighted by Gasteiger charge is 1.98. The van der Waals surface area contributed by atoms with Gasteiger partial charge >= 0.3 is 0 Å². The van der Waals surface area contributed by atoms with Gasteiger partial charge in [0.2, 0.25) is 0 Å². The first-order chi connectivity index (χ1) is 6.16. The predicted octanol–water partition coefficient (Wildman–Crippen LogP) is 4.38. The summed E-state index contributed by atoms with van der Waals surface area (Å²) in [6.07, 6.45) is 13.3. The van der Waals surface area contributed by atoms with Gasteiger partial charge in [0.15, 0.2) is 0 Å². The Balaban J connectivity index is 3.45. The molecule has 1 radical (unpaired) electrons. The van der Waals surface area contributed by atoms with E-state index < -0.39 is 0 Å². The summed E-state index contributed by atoms with van der Waals surface area (Å²) in [6, 6.07) is 0. The van der Waals surface area contributed by atoms with Crippen LogP contribution in [-0.2, 0) is 0 Å². The highest BCUT2D eigenvalue weighted by Crippen LogP contribution is 2.13. The van der Waals surface area contributed by atoms with Crippen LogP contribution in [0.4, 0.5) is 0 Å². The molecule has 0 saturated heterocycles. The SMILES string of the molecule is C/[C]=C/C=CC(C)CCCC(C)C. The Labute approximate surface area is 83.7 Å². The summed E-state index contributed by atoms with van der Waals surface area (Å²) in [7, 11) is 0. The lowest BCUT2D eigenvalue weighted by Gasteiger charge is -2.07. The van der Waals surface area contributed by atoms with Crippen LogP contribution in [-0.4, -0.2) is 0 Å². The molecular formula is C13H23. The van der Waals surface area contributed by atoms with Crippen molar-refractivity contribution in [2.75, 3.05) is 0 Å². The highest BCUT2D eigenvalue weighted by atomic mass is 14.0. The molecule has 0 saturated carbocycles. The molecule has 13 heavy (non-hydrogen) atoms. The summed E-state index contributed by atoms with van der Waals surface area (Å²) in [4.78, 5) is 0. The Morgan fingerprint density at radius 3 is 2.38 bits per heavy atom. The van der Waals surface area contributed by atoms with Crippen LogP contribution in [0.3, 0.4) is 0 Å². The molecule has 0 rings (SSSR count). The monoisotopic (exact) mass is 179 g/mol. The number of hydrogen-bond acceptors (Lipinski definition) is 0. The average molecular weight is 179 g/mol. The van der Waals surface area contributed by atoms with Gasteiger partial charge in [0.05, 0.1) is 0 Å². The molecule has 0 fully saturated rings. The maximum absolute atomic E-state index is 2.99. The molecule has 0 heterocycles. The molecule has 0 spiro atoms. The fourth-order valence-electron chi connectivity index (χ4n) is 1.29. The third-order valence-electron chi connectivity index (χ3n) is 2.14. The average Bonchev–Trinajstić information content (AvgIpc) is 2.04. The van der Waals surface area contributed by atoms with E-state index in [4.69, 9.17) is 0 Å². The lowest BCUT2D eigenvalue weighted by molar-refractivity contribution is 0.502. The minimum Gasteiger partial charge on any atom is -0.0817 e. The van der Waals surface area contributed by atoms with Gasteiger partial charge in [-0.3, -0.25) is 0 Å². The minimum absolute atomic E-state index is 0.711. The zero-order chi connectivity index (χ0) is 10.1. The van der Waals surface area contributed by atoms with Crippen LogP contribution >= 0.6 is 0 Å². The number of rotatable bonds is 6. The minimum atomic E-state index is 0.711. The van der Waals surface area contributed by atoms with Gasteiger partial charge in [0, 0.05) is 0 Å². The van der Waals surface area contributed by atoms with E-state index in [1.807, 2.05) is 13.0 Å². The Hall–Kier alpha value is -0.520. The van der Waals surface area contributed by atoms with E-state index in [1.54, 1.807) is 0 Å². The van der Waals surface area contributed by atoms with Gasteiger partial charge in [-0.15, -0.1) is 0 Å². The van der Waals surface area contributed by atoms with Crippen molar-refractivity contribution < 1.29 is 0 Å². The summed E-state index contributed by atoms with van der Waals surface area (Å²) in [6.45, 7) is 8.78. The molecule has 0 heteroatoms. The molecule has 1 unspecified atom stereocenters. The van der Waals surface area contributed by atoms with Gasteiger partial charge in [0.25, 0.3) is 0 Å². The molecule has 0 aliphatic carbocycles. The van der Waals surface area contributed by atoms with E-state index in [0.717, 1.165) is 5.92 Å². The molecule has 0 aliphatic heterocycles. The molecule has 0 aliphatic rings. The van der Waals surface area contributed by atoms with Crippen LogP contribution in [0.15, 0.2) is 18.2 Å². The molecule has 0 nitrogen and oxygen atoms in total. The van der Waals surface area contributed by atoms with Crippen molar-refractivity contribution in [1.29, 1.82) is 0 Å². The van der Waals surface area contributed by atoms with Crippen molar-refractivity contribution in [1.82, 2.24) is 0 Å². The molecule has 1 atom stereocenters. The van der Waals surface area contributed by atoms with Crippen molar-refractivity contribution in [3.8, 4) is 0 Å². The molecule has 75 valence electrons. The van der Waals surface area contributed by atoms with E-state index >= 15 is 0 Å². The molecular weight excluding hydrogens is 156 g/mol. The van der Waals surface area contributed by atoms with Gasteiger partial charge in [-0.1, -0.05) is 51.8 Å². The normalized spacial score (nSPS) is 14.8. The van der Waals surface area contributed by atoms with Crippen LogP contribution in [0.2, 0.25) is 0 Å². The zero-order valence-electron chi connectivity index (χ0n) is 9.51. The van der Waals surface area contributed by atoms with E-state index in [2.05, 4.69) is 39.0 Å². The van der Waals surface area contributed by atoms with E-state index in [-0.39, 0.29) is 0 Å². The summed E-state index contributed by atoms with van der Waals surface area (Å²) >= 11 is 0. The van der Waals surface area contributed by atoms with Crippen LogP contribution in [0.1, 0.15) is 47.0 Å². The fourth-order valence-corrected chi connectivity index (χ4v) is 1.29. The van der Waals surface area contributed by atoms with Gasteiger partial charge in [-0.2, -0.15) is 0 Å². The Morgan fingerprint density at radius 1 is 1.15 bits per heavy atom. The van der Waals surface area contributed by atoms with E-state index in [0.29, 0.717) is 5.92 Å². The van der Waals surface area contributed by atoms with Crippen molar-refractivity contribution in [2.24, 2.45) is 11.8 Å². The molecule has 0 bridgehead atoms. The first-order valence-corrected chi connectivity index (χ1v) is 5.34. The second-order valence-corrected chi connectivity index (χ2v) is 4.14. The van der Waals surface area contributed by atoms with Crippen LogP contribution in [0.5, 0.6) is 0 Å². The third-order valence-corrected chi connectivity index (χ3v) is 2.14. The lowest BCUT2D eigenvalue weighted by Crippen LogP contribution is -1.92. The fraction of sp³-hybridized carbons (Fsp3) is 0.692. The molecule has 0 N–H and O–H groups in total. The topological polar surface area (TPSA) is 0 Å². The predicted molar refractivity (Wildman–Crippen MR) is 60.5 cm³/mol. The third kappa shape index (κ3) is 9.39.